The topological polar surface area (TPSA) is 72.9 Å². The first-order valence-electron chi connectivity index (χ1n) is 7.47. The number of hydrogen-bond acceptors (Lipinski definition) is 5. The quantitative estimate of drug-likeness (QED) is 0.593. The molecule has 0 heterocycles. The largest absolute Gasteiger partial charge is 0.462 e. The summed E-state index contributed by atoms with van der Waals surface area (Å²) in [6.07, 6.45) is -0.877. The Labute approximate surface area is 136 Å². The van der Waals surface area contributed by atoms with Gasteiger partial charge >= 0.3 is 11.9 Å². The van der Waals surface area contributed by atoms with Crippen LogP contribution in [-0.2, 0) is 23.9 Å². The summed E-state index contributed by atoms with van der Waals surface area (Å²) in [5.41, 5.74) is 0.567. The Hall–Kier alpha value is -2.37. The van der Waals surface area contributed by atoms with E-state index in [1.54, 1.807) is 58.0 Å². The fraction of sp³-hybridized carbons (Fsp3) is 0.471. The number of benzene rings is 1. The van der Waals surface area contributed by atoms with Crippen molar-refractivity contribution in [3.63, 3.8) is 0 Å². The first-order chi connectivity index (χ1) is 10.7. The third-order valence-electron chi connectivity index (χ3n) is 2.90. The van der Waals surface area contributed by atoms with Crippen LogP contribution < -0.4 is 4.90 Å². The van der Waals surface area contributed by atoms with Crippen LogP contribution in [0, 0.1) is 5.92 Å². The molecular weight excluding hydrogens is 298 g/mol. The lowest BCUT2D eigenvalue weighted by atomic mass is 10.1. The van der Waals surface area contributed by atoms with Gasteiger partial charge in [0.25, 0.3) is 5.91 Å². The van der Waals surface area contributed by atoms with Gasteiger partial charge in [0.05, 0.1) is 12.2 Å². The van der Waals surface area contributed by atoms with E-state index in [9.17, 15) is 14.4 Å². The highest BCUT2D eigenvalue weighted by Gasteiger charge is 2.40. The maximum Gasteiger partial charge on any atom is 0.330 e. The van der Waals surface area contributed by atoms with Gasteiger partial charge in [-0.25, -0.2) is 0 Å². The van der Waals surface area contributed by atoms with Crippen molar-refractivity contribution in [3.05, 3.63) is 30.3 Å². The second kappa shape index (κ2) is 8.31. The summed E-state index contributed by atoms with van der Waals surface area (Å²) < 4.78 is 10.1. The third kappa shape index (κ3) is 5.39. The van der Waals surface area contributed by atoms with Crippen molar-refractivity contribution in [2.75, 3.05) is 11.9 Å². The molecule has 0 atom stereocenters. The molecule has 126 valence electrons. The van der Waals surface area contributed by atoms with E-state index < -0.39 is 36.0 Å². The average molecular weight is 321 g/mol. The van der Waals surface area contributed by atoms with E-state index in [0.29, 0.717) is 5.69 Å². The number of amides is 1. The molecule has 0 radical (unpaired) electrons. The molecule has 0 saturated carbocycles. The Morgan fingerprint density at radius 3 is 1.70 bits per heavy atom. The molecule has 0 spiro atoms. The van der Waals surface area contributed by atoms with Crippen molar-refractivity contribution in [2.45, 2.75) is 39.9 Å². The molecule has 0 N–H and O–H groups in total. The van der Waals surface area contributed by atoms with E-state index in [1.165, 1.54) is 11.9 Å². The molecule has 0 aliphatic rings. The van der Waals surface area contributed by atoms with E-state index in [0.717, 1.165) is 0 Å². The highest BCUT2D eigenvalue weighted by molar-refractivity contribution is 6.18. The number of ether oxygens (including phenoxy) is 2. The number of carbonyl (C=O) groups is 3. The molecule has 0 aliphatic carbocycles. The lowest BCUT2D eigenvalue weighted by molar-refractivity contribution is -0.168. The van der Waals surface area contributed by atoms with Crippen molar-refractivity contribution in [1.29, 1.82) is 0 Å². The Kier molecular flexibility index (Phi) is 6.75. The maximum absolute atomic E-state index is 12.6. The lowest BCUT2D eigenvalue weighted by Crippen LogP contribution is -2.44. The van der Waals surface area contributed by atoms with Crippen LogP contribution in [0.5, 0.6) is 0 Å². The fourth-order valence-corrected chi connectivity index (χ4v) is 1.87. The van der Waals surface area contributed by atoms with Crippen LogP contribution in [0.4, 0.5) is 5.69 Å². The molecule has 1 aromatic carbocycles. The summed E-state index contributed by atoms with van der Waals surface area (Å²) >= 11 is 0. The zero-order valence-corrected chi connectivity index (χ0v) is 14.1. The van der Waals surface area contributed by atoms with Gasteiger partial charge in [-0.15, -0.1) is 0 Å². The molecule has 6 nitrogen and oxygen atoms in total. The first kappa shape index (κ1) is 18.7. The standard InChI is InChI=1S/C17H23NO5/c1-11(2)22-16(20)14(17(21)23-12(3)4)15(19)18(5)13-9-7-6-8-10-13/h6-12,14H,1-5H3. The second-order valence-electron chi connectivity index (χ2n) is 5.64. The minimum atomic E-state index is -1.63. The molecule has 0 bridgehead atoms. The molecule has 6 heteroatoms. The predicted octanol–water partition coefficient (Wildman–Crippen LogP) is 2.17. The number of hydrogen-bond donors (Lipinski definition) is 0. The van der Waals surface area contributed by atoms with Crippen LogP contribution in [0.1, 0.15) is 27.7 Å². The third-order valence-corrected chi connectivity index (χ3v) is 2.90. The summed E-state index contributed by atoms with van der Waals surface area (Å²) in [5, 5.41) is 0. The summed E-state index contributed by atoms with van der Waals surface area (Å²) in [6.45, 7) is 6.59. The van der Waals surface area contributed by atoms with E-state index >= 15 is 0 Å². The molecule has 0 aromatic heterocycles. The number of rotatable bonds is 6. The van der Waals surface area contributed by atoms with E-state index in [2.05, 4.69) is 0 Å². The maximum atomic E-state index is 12.6. The number of carbonyl (C=O) groups excluding carboxylic acids is 3. The zero-order chi connectivity index (χ0) is 17.6. The lowest BCUT2D eigenvalue weighted by Gasteiger charge is -2.23. The average Bonchev–Trinajstić information content (AvgIpc) is 2.45. The Bertz CT molecular complexity index is 531. The minimum Gasteiger partial charge on any atom is -0.462 e. The van der Waals surface area contributed by atoms with Crippen LogP contribution in [0.2, 0.25) is 0 Å². The molecule has 1 aromatic rings. The first-order valence-corrected chi connectivity index (χ1v) is 7.47. The summed E-state index contributed by atoms with van der Waals surface area (Å²) in [5.74, 6) is -4.13. The molecule has 1 rings (SSSR count). The van der Waals surface area contributed by atoms with Crippen molar-refractivity contribution in [2.24, 2.45) is 5.92 Å². The Morgan fingerprint density at radius 1 is 0.870 bits per heavy atom. The Balaban J connectivity index is 3.04. The van der Waals surface area contributed by atoms with E-state index in [4.69, 9.17) is 9.47 Å². The van der Waals surface area contributed by atoms with Gasteiger partial charge in [0.2, 0.25) is 5.92 Å². The summed E-state index contributed by atoms with van der Waals surface area (Å²) in [7, 11) is 1.50. The van der Waals surface area contributed by atoms with Gasteiger partial charge in [-0.2, -0.15) is 0 Å². The van der Waals surface area contributed by atoms with Crippen molar-refractivity contribution < 1.29 is 23.9 Å². The van der Waals surface area contributed by atoms with Crippen LogP contribution in [0.25, 0.3) is 0 Å². The van der Waals surface area contributed by atoms with Gasteiger partial charge in [-0.05, 0) is 39.8 Å². The van der Waals surface area contributed by atoms with Crippen molar-refractivity contribution in [1.82, 2.24) is 0 Å². The second-order valence-corrected chi connectivity index (χ2v) is 5.64. The fourth-order valence-electron chi connectivity index (χ4n) is 1.87. The van der Waals surface area contributed by atoms with Crippen LogP contribution in [0.3, 0.4) is 0 Å². The van der Waals surface area contributed by atoms with Crippen LogP contribution in [0.15, 0.2) is 30.3 Å². The molecule has 23 heavy (non-hydrogen) atoms. The number of anilines is 1. The Morgan fingerprint density at radius 2 is 1.30 bits per heavy atom. The van der Waals surface area contributed by atoms with Crippen molar-refractivity contribution in [3.8, 4) is 0 Å². The molecule has 0 unspecified atom stereocenters. The summed E-state index contributed by atoms with van der Waals surface area (Å²) in [6, 6.07) is 8.73. The molecule has 0 saturated heterocycles. The van der Waals surface area contributed by atoms with Gasteiger partial charge in [0, 0.05) is 12.7 Å². The highest BCUT2D eigenvalue weighted by Crippen LogP contribution is 2.17. The van der Waals surface area contributed by atoms with E-state index in [1.807, 2.05) is 0 Å². The van der Waals surface area contributed by atoms with Gasteiger partial charge < -0.3 is 14.4 Å². The summed E-state index contributed by atoms with van der Waals surface area (Å²) in [4.78, 5) is 38.2. The number of nitrogens with zero attached hydrogens (tertiary/aromatic N) is 1. The molecule has 1 amide bonds. The smallest absolute Gasteiger partial charge is 0.330 e. The molecule has 0 aliphatic heterocycles. The van der Waals surface area contributed by atoms with Gasteiger partial charge in [-0.1, -0.05) is 18.2 Å². The minimum absolute atomic E-state index is 0.438. The van der Waals surface area contributed by atoms with Crippen LogP contribution >= 0.6 is 0 Å². The van der Waals surface area contributed by atoms with E-state index in [-0.39, 0.29) is 0 Å². The van der Waals surface area contributed by atoms with Crippen LogP contribution in [-0.4, -0.2) is 37.1 Å². The van der Waals surface area contributed by atoms with Gasteiger partial charge in [0.15, 0.2) is 0 Å². The predicted molar refractivity (Wildman–Crippen MR) is 85.8 cm³/mol. The molecular formula is C17H23NO5. The normalized spacial score (nSPS) is 10.8. The zero-order valence-electron chi connectivity index (χ0n) is 14.1. The van der Waals surface area contributed by atoms with Crippen molar-refractivity contribution >= 4 is 23.5 Å². The highest BCUT2D eigenvalue weighted by atomic mass is 16.6. The SMILES string of the molecule is CC(C)OC(=O)C(C(=O)OC(C)C)C(=O)N(C)c1ccccc1. The number of esters is 2. The van der Waals surface area contributed by atoms with Gasteiger partial charge in [0.1, 0.15) is 0 Å². The van der Waals surface area contributed by atoms with Gasteiger partial charge in [-0.3, -0.25) is 14.4 Å². The number of para-hydroxylation sites is 1. The monoisotopic (exact) mass is 321 g/mol. The molecule has 0 fully saturated rings.